The van der Waals surface area contributed by atoms with Gasteiger partial charge in [0.1, 0.15) is 0 Å². The van der Waals surface area contributed by atoms with Crippen LogP contribution in [-0.2, 0) is 4.79 Å². The molecule has 16 heavy (non-hydrogen) atoms. The first kappa shape index (κ1) is 13.5. The maximum atomic E-state index is 12.1. The number of hydrogen-bond donors (Lipinski definition) is 2. The molecule has 0 saturated heterocycles. The van der Waals surface area contributed by atoms with Gasteiger partial charge in [-0.3, -0.25) is 4.79 Å². The Morgan fingerprint density at radius 3 is 2.31 bits per heavy atom. The topological polar surface area (TPSA) is 55.1 Å². The zero-order valence-electron chi connectivity index (χ0n) is 10.7. The van der Waals surface area contributed by atoms with Crippen molar-refractivity contribution in [1.29, 1.82) is 0 Å². The third kappa shape index (κ3) is 3.78. The summed E-state index contributed by atoms with van der Waals surface area (Å²) in [6, 6.07) is 0. The van der Waals surface area contributed by atoms with E-state index in [0.717, 1.165) is 19.3 Å². The first-order valence-electron chi connectivity index (χ1n) is 6.63. The molecule has 0 bridgehead atoms. The molecular formula is C13H26N2O. The van der Waals surface area contributed by atoms with E-state index in [1.165, 1.54) is 25.7 Å². The van der Waals surface area contributed by atoms with Crippen LogP contribution in [-0.4, -0.2) is 18.0 Å². The molecule has 0 radical (unpaired) electrons. The van der Waals surface area contributed by atoms with Crippen LogP contribution in [0.25, 0.3) is 0 Å². The molecule has 0 aromatic heterocycles. The number of carbonyl (C=O) groups excluding carboxylic acids is 1. The molecule has 1 aliphatic rings. The van der Waals surface area contributed by atoms with Gasteiger partial charge in [0, 0.05) is 18.0 Å². The second-order valence-corrected chi connectivity index (χ2v) is 5.30. The highest BCUT2D eigenvalue weighted by Crippen LogP contribution is 2.23. The SMILES string of the molecule is CCC(C)(CN)NC(=O)C1CCCCCC1. The summed E-state index contributed by atoms with van der Waals surface area (Å²) < 4.78 is 0. The van der Waals surface area contributed by atoms with Crippen LogP contribution in [0.4, 0.5) is 0 Å². The summed E-state index contributed by atoms with van der Waals surface area (Å²) >= 11 is 0. The van der Waals surface area contributed by atoms with Crippen LogP contribution in [0.15, 0.2) is 0 Å². The average Bonchev–Trinajstić information content (AvgIpc) is 2.57. The highest BCUT2D eigenvalue weighted by atomic mass is 16.2. The Morgan fingerprint density at radius 1 is 1.31 bits per heavy atom. The van der Waals surface area contributed by atoms with Crippen molar-refractivity contribution in [2.45, 2.75) is 64.3 Å². The van der Waals surface area contributed by atoms with Crippen LogP contribution in [0.1, 0.15) is 58.8 Å². The van der Waals surface area contributed by atoms with Crippen molar-refractivity contribution < 1.29 is 4.79 Å². The summed E-state index contributed by atoms with van der Waals surface area (Å²) in [5.74, 6) is 0.441. The van der Waals surface area contributed by atoms with E-state index >= 15 is 0 Å². The van der Waals surface area contributed by atoms with E-state index < -0.39 is 0 Å². The van der Waals surface area contributed by atoms with Gasteiger partial charge in [-0.2, -0.15) is 0 Å². The minimum Gasteiger partial charge on any atom is -0.349 e. The molecule has 0 aromatic carbocycles. The zero-order valence-corrected chi connectivity index (χ0v) is 10.7. The van der Waals surface area contributed by atoms with Crippen LogP contribution >= 0.6 is 0 Å². The first-order chi connectivity index (χ1) is 7.61. The van der Waals surface area contributed by atoms with Crippen molar-refractivity contribution >= 4 is 5.91 Å². The van der Waals surface area contributed by atoms with Crippen LogP contribution < -0.4 is 11.1 Å². The maximum Gasteiger partial charge on any atom is 0.223 e. The fourth-order valence-electron chi connectivity index (χ4n) is 2.22. The van der Waals surface area contributed by atoms with Gasteiger partial charge in [-0.25, -0.2) is 0 Å². The molecule has 1 saturated carbocycles. The van der Waals surface area contributed by atoms with Crippen molar-refractivity contribution in [3.05, 3.63) is 0 Å². The standard InChI is InChI=1S/C13H26N2O/c1-3-13(2,10-14)15-12(16)11-8-6-4-5-7-9-11/h11H,3-10,14H2,1-2H3,(H,15,16). The Hall–Kier alpha value is -0.570. The number of rotatable bonds is 4. The summed E-state index contributed by atoms with van der Waals surface area (Å²) in [7, 11) is 0. The van der Waals surface area contributed by atoms with Gasteiger partial charge in [0.25, 0.3) is 0 Å². The van der Waals surface area contributed by atoms with Gasteiger partial charge in [-0.05, 0) is 26.2 Å². The average molecular weight is 226 g/mol. The third-order valence-corrected chi connectivity index (χ3v) is 3.88. The fraction of sp³-hybridized carbons (Fsp3) is 0.923. The van der Waals surface area contributed by atoms with E-state index in [-0.39, 0.29) is 17.4 Å². The summed E-state index contributed by atoms with van der Waals surface area (Å²) in [4.78, 5) is 12.1. The number of nitrogens with one attached hydrogen (secondary N) is 1. The largest absolute Gasteiger partial charge is 0.349 e. The molecule has 3 nitrogen and oxygen atoms in total. The lowest BCUT2D eigenvalue weighted by Crippen LogP contribution is -2.52. The van der Waals surface area contributed by atoms with E-state index in [1.54, 1.807) is 0 Å². The Bertz CT molecular complexity index is 216. The van der Waals surface area contributed by atoms with Gasteiger partial charge in [0.05, 0.1) is 0 Å². The molecule has 1 unspecified atom stereocenters. The highest BCUT2D eigenvalue weighted by Gasteiger charge is 2.27. The summed E-state index contributed by atoms with van der Waals surface area (Å²) in [5.41, 5.74) is 5.49. The fourth-order valence-corrected chi connectivity index (χ4v) is 2.22. The predicted octanol–water partition coefficient (Wildman–Crippen LogP) is 2.20. The molecule has 94 valence electrons. The van der Waals surface area contributed by atoms with Crippen molar-refractivity contribution in [1.82, 2.24) is 5.32 Å². The van der Waals surface area contributed by atoms with Gasteiger partial charge >= 0.3 is 0 Å². The quantitative estimate of drug-likeness (QED) is 0.722. The molecule has 3 N–H and O–H groups in total. The van der Waals surface area contributed by atoms with E-state index in [2.05, 4.69) is 12.2 Å². The van der Waals surface area contributed by atoms with E-state index in [1.807, 2.05) is 6.92 Å². The number of amides is 1. The number of carbonyl (C=O) groups is 1. The third-order valence-electron chi connectivity index (χ3n) is 3.88. The van der Waals surface area contributed by atoms with E-state index in [9.17, 15) is 4.79 Å². The molecule has 0 aromatic rings. The van der Waals surface area contributed by atoms with E-state index in [0.29, 0.717) is 6.54 Å². The lowest BCUT2D eigenvalue weighted by Gasteiger charge is -2.30. The zero-order chi connectivity index (χ0) is 12.0. The smallest absolute Gasteiger partial charge is 0.223 e. The first-order valence-corrected chi connectivity index (χ1v) is 6.63. The normalized spacial score (nSPS) is 22.2. The Labute approximate surface area is 99.2 Å². The van der Waals surface area contributed by atoms with Gasteiger partial charge in [0.15, 0.2) is 0 Å². The summed E-state index contributed by atoms with van der Waals surface area (Å²) in [6.45, 7) is 4.61. The Balaban J connectivity index is 2.49. The van der Waals surface area contributed by atoms with Crippen molar-refractivity contribution in [2.75, 3.05) is 6.54 Å². The lowest BCUT2D eigenvalue weighted by atomic mass is 9.94. The van der Waals surface area contributed by atoms with Crippen LogP contribution in [0, 0.1) is 5.92 Å². The lowest BCUT2D eigenvalue weighted by molar-refractivity contribution is -0.127. The molecule has 1 aliphatic carbocycles. The van der Waals surface area contributed by atoms with Crippen LogP contribution in [0.2, 0.25) is 0 Å². The van der Waals surface area contributed by atoms with Crippen molar-refractivity contribution in [3.63, 3.8) is 0 Å². The molecular weight excluding hydrogens is 200 g/mol. The molecule has 1 rings (SSSR count). The van der Waals surface area contributed by atoms with E-state index in [4.69, 9.17) is 5.73 Å². The van der Waals surface area contributed by atoms with Crippen LogP contribution in [0.5, 0.6) is 0 Å². The van der Waals surface area contributed by atoms with Crippen molar-refractivity contribution in [2.24, 2.45) is 11.7 Å². The minimum absolute atomic E-state index is 0.219. The molecule has 1 fully saturated rings. The predicted molar refractivity (Wildman–Crippen MR) is 67.1 cm³/mol. The van der Waals surface area contributed by atoms with Crippen molar-refractivity contribution in [3.8, 4) is 0 Å². The molecule has 0 heterocycles. The van der Waals surface area contributed by atoms with Gasteiger partial charge < -0.3 is 11.1 Å². The highest BCUT2D eigenvalue weighted by molar-refractivity contribution is 5.79. The molecule has 1 atom stereocenters. The molecule has 0 aliphatic heterocycles. The number of hydrogen-bond acceptors (Lipinski definition) is 2. The summed E-state index contributed by atoms with van der Waals surface area (Å²) in [5, 5.41) is 3.13. The van der Waals surface area contributed by atoms with Gasteiger partial charge in [-0.15, -0.1) is 0 Å². The second kappa shape index (κ2) is 6.24. The molecule has 1 amide bonds. The maximum absolute atomic E-state index is 12.1. The Kier molecular flexibility index (Phi) is 5.26. The van der Waals surface area contributed by atoms with Gasteiger partial charge in [0.2, 0.25) is 5.91 Å². The Morgan fingerprint density at radius 2 is 1.88 bits per heavy atom. The second-order valence-electron chi connectivity index (χ2n) is 5.30. The van der Waals surface area contributed by atoms with Gasteiger partial charge in [-0.1, -0.05) is 32.6 Å². The molecule has 3 heteroatoms. The summed E-state index contributed by atoms with van der Waals surface area (Å²) in [6.07, 6.45) is 7.96. The van der Waals surface area contributed by atoms with Crippen LogP contribution in [0.3, 0.4) is 0 Å². The monoisotopic (exact) mass is 226 g/mol. The number of nitrogens with two attached hydrogens (primary N) is 1. The minimum atomic E-state index is -0.219. The molecule has 0 spiro atoms.